The summed E-state index contributed by atoms with van der Waals surface area (Å²) in [6, 6.07) is 4.74. The Morgan fingerprint density at radius 2 is 1.88 bits per heavy atom. The predicted molar refractivity (Wildman–Crippen MR) is 88.2 cm³/mol. The number of ether oxygens (including phenoxy) is 2. The first-order chi connectivity index (χ1) is 11.9. The molecule has 2 N–H and O–H groups in total. The Kier molecular flexibility index (Phi) is 3.64. The van der Waals surface area contributed by atoms with Gasteiger partial charge in [0.15, 0.2) is 11.5 Å². The van der Waals surface area contributed by atoms with Crippen LogP contribution in [0.25, 0.3) is 0 Å². The van der Waals surface area contributed by atoms with Gasteiger partial charge in [-0.2, -0.15) is 0 Å². The molecule has 1 atom stereocenters. The van der Waals surface area contributed by atoms with Crippen molar-refractivity contribution in [1.29, 1.82) is 0 Å². The molecule has 0 spiro atoms. The largest absolute Gasteiger partial charge is 0.454 e. The van der Waals surface area contributed by atoms with Crippen molar-refractivity contribution in [1.82, 2.24) is 10.2 Å². The van der Waals surface area contributed by atoms with E-state index in [9.17, 15) is 14.7 Å². The fraction of sp³-hybridized carbons (Fsp3) is 0.556. The molecular formula is C18H22N2O5. The van der Waals surface area contributed by atoms with Crippen LogP contribution >= 0.6 is 0 Å². The topological polar surface area (TPSA) is 88.1 Å². The summed E-state index contributed by atoms with van der Waals surface area (Å²) in [5, 5.41) is 13.5. The molecule has 1 aliphatic carbocycles. The van der Waals surface area contributed by atoms with Gasteiger partial charge in [0, 0.05) is 0 Å². The molecule has 1 saturated carbocycles. The summed E-state index contributed by atoms with van der Waals surface area (Å²) in [6.07, 6.45) is 4.14. The molecule has 4 rings (SSSR count). The average Bonchev–Trinajstić information content (AvgIpc) is 3.14. The second-order valence-electron chi connectivity index (χ2n) is 7.30. The zero-order valence-electron chi connectivity index (χ0n) is 14.2. The summed E-state index contributed by atoms with van der Waals surface area (Å²) in [6.45, 7) is 1.86. The normalized spacial score (nSPS) is 27.5. The third kappa shape index (κ3) is 2.63. The standard InChI is InChI=1S/C18H22N2O5/c1-17(12-5-6-13-14(9-12)25-11-24-13)15(21)20(16(22)19-17)10-18(23)7-3-2-4-8-18/h5-6,9,23H,2-4,7-8,10-11H2,1H3,(H,19,22). The van der Waals surface area contributed by atoms with E-state index in [1.54, 1.807) is 25.1 Å². The third-order valence-electron chi connectivity index (χ3n) is 5.46. The molecule has 7 nitrogen and oxygen atoms in total. The van der Waals surface area contributed by atoms with Crippen LogP contribution in [0, 0.1) is 0 Å². The number of carbonyl (C=O) groups is 2. The van der Waals surface area contributed by atoms with Gasteiger partial charge in [0.2, 0.25) is 6.79 Å². The zero-order valence-corrected chi connectivity index (χ0v) is 14.2. The lowest BCUT2D eigenvalue weighted by Gasteiger charge is -2.34. The lowest BCUT2D eigenvalue weighted by atomic mass is 9.84. The summed E-state index contributed by atoms with van der Waals surface area (Å²) < 4.78 is 10.7. The molecule has 0 bridgehead atoms. The van der Waals surface area contributed by atoms with Crippen molar-refractivity contribution < 1.29 is 24.2 Å². The number of amides is 3. The number of hydrogen-bond acceptors (Lipinski definition) is 5. The fourth-order valence-corrected chi connectivity index (χ4v) is 3.91. The Hall–Kier alpha value is -2.28. The van der Waals surface area contributed by atoms with E-state index < -0.39 is 17.2 Å². The van der Waals surface area contributed by atoms with Crippen LogP contribution in [-0.2, 0) is 10.3 Å². The summed E-state index contributed by atoms with van der Waals surface area (Å²) in [5.74, 6) is 0.831. The number of nitrogens with zero attached hydrogens (tertiary/aromatic N) is 1. The summed E-state index contributed by atoms with van der Waals surface area (Å²) in [5.41, 5.74) is -1.53. The number of hydrogen-bond donors (Lipinski definition) is 2. The molecule has 1 aromatic carbocycles. The van der Waals surface area contributed by atoms with Crippen molar-refractivity contribution in [2.45, 2.75) is 50.2 Å². The van der Waals surface area contributed by atoms with Crippen LogP contribution in [0.15, 0.2) is 18.2 Å². The molecule has 2 fully saturated rings. The van der Waals surface area contributed by atoms with Crippen LogP contribution in [-0.4, -0.2) is 40.9 Å². The number of rotatable bonds is 3. The van der Waals surface area contributed by atoms with Crippen LogP contribution in [0.4, 0.5) is 4.79 Å². The smallest absolute Gasteiger partial charge is 0.325 e. The summed E-state index contributed by atoms with van der Waals surface area (Å²) in [7, 11) is 0. The summed E-state index contributed by atoms with van der Waals surface area (Å²) in [4.78, 5) is 26.6. The molecular weight excluding hydrogens is 324 g/mol. The quantitative estimate of drug-likeness (QED) is 0.816. The molecule has 0 radical (unpaired) electrons. The van der Waals surface area contributed by atoms with Gasteiger partial charge in [0.25, 0.3) is 5.91 Å². The van der Waals surface area contributed by atoms with E-state index in [1.165, 1.54) is 0 Å². The van der Waals surface area contributed by atoms with E-state index in [0.717, 1.165) is 24.2 Å². The second kappa shape index (κ2) is 5.62. The Morgan fingerprint density at radius 3 is 2.64 bits per heavy atom. The number of benzene rings is 1. The van der Waals surface area contributed by atoms with Crippen LogP contribution in [0.5, 0.6) is 11.5 Å². The molecule has 1 aromatic rings. The van der Waals surface area contributed by atoms with Gasteiger partial charge in [0.1, 0.15) is 5.54 Å². The molecule has 2 aliphatic heterocycles. The minimum absolute atomic E-state index is 0.0395. The molecule has 2 heterocycles. The zero-order chi connectivity index (χ0) is 17.7. The van der Waals surface area contributed by atoms with E-state index in [4.69, 9.17) is 9.47 Å². The maximum Gasteiger partial charge on any atom is 0.325 e. The second-order valence-corrected chi connectivity index (χ2v) is 7.30. The molecule has 134 valence electrons. The van der Waals surface area contributed by atoms with Crippen LogP contribution in [0.1, 0.15) is 44.6 Å². The Morgan fingerprint density at radius 1 is 1.16 bits per heavy atom. The highest BCUT2D eigenvalue weighted by Crippen LogP contribution is 2.38. The Balaban J connectivity index is 1.59. The number of β-amino-alcohol motifs (C(OH)–C–C–N with tert-alkyl or cyclic N) is 1. The number of aliphatic hydroxyl groups is 1. The van der Waals surface area contributed by atoms with Crippen molar-refractivity contribution in [3.63, 3.8) is 0 Å². The van der Waals surface area contributed by atoms with Gasteiger partial charge in [-0.05, 0) is 37.5 Å². The SMILES string of the molecule is CC1(c2ccc3c(c2)OCO3)NC(=O)N(CC2(O)CCCCC2)C1=O. The third-order valence-corrected chi connectivity index (χ3v) is 5.46. The number of imide groups is 1. The van der Waals surface area contributed by atoms with Crippen molar-refractivity contribution in [2.75, 3.05) is 13.3 Å². The van der Waals surface area contributed by atoms with Crippen LogP contribution < -0.4 is 14.8 Å². The van der Waals surface area contributed by atoms with Gasteiger partial charge in [0.05, 0.1) is 12.1 Å². The molecule has 25 heavy (non-hydrogen) atoms. The lowest BCUT2D eigenvalue weighted by Crippen LogP contribution is -2.48. The summed E-state index contributed by atoms with van der Waals surface area (Å²) >= 11 is 0. The number of carbonyl (C=O) groups excluding carboxylic acids is 2. The molecule has 1 unspecified atom stereocenters. The van der Waals surface area contributed by atoms with Crippen molar-refractivity contribution in [2.24, 2.45) is 0 Å². The Labute approximate surface area is 145 Å². The molecule has 0 aromatic heterocycles. The van der Waals surface area contributed by atoms with Gasteiger partial charge < -0.3 is 19.9 Å². The van der Waals surface area contributed by atoms with Crippen LogP contribution in [0.2, 0.25) is 0 Å². The monoisotopic (exact) mass is 346 g/mol. The fourth-order valence-electron chi connectivity index (χ4n) is 3.91. The molecule has 3 aliphatic rings. The number of urea groups is 1. The molecule has 3 amide bonds. The van der Waals surface area contributed by atoms with Crippen molar-refractivity contribution >= 4 is 11.9 Å². The van der Waals surface area contributed by atoms with Crippen molar-refractivity contribution in [3.05, 3.63) is 23.8 Å². The van der Waals surface area contributed by atoms with E-state index >= 15 is 0 Å². The minimum atomic E-state index is -1.18. The van der Waals surface area contributed by atoms with E-state index in [2.05, 4.69) is 5.32 Å². The highest BCUT2D eigenvalue weighted by atomic mass is 16.7. The van der Waals surface area contributed by atoms with Gasteiger partial charge in [-0.1, -0.05) is 25.3 Å². The van der Waals surface area contributed by atoms with Gasteiger partial charge in [-0.15, -0.1) is 0 Å². The van der Waals surface area contributed by atoms with Crippen molar-refractivity contribution in [3.8, 4) is 11.5 Å². The van der Waals surface area contributed by atoms with Gasteiger partial charge in [-0.25, -0.2) is 4.79 Å². The van der Waals surface area contributed by atoms with E-state index in [1.807, 2.05) is 0 Å². The number of fused-ring (bicyclic) bond motifs is 1. The highest BCUT2D eigenvalue weighted by molar-refractivity contribution is 6.07. The lowest BCUT2D eigenvalue weighted by molar-refractivity contribution is -0.134. The number of nitrogens with one attached hydrogen (secondary N) is 1. The maximum atomic E-state index is 13.0. The average molecular weight is 346 g/mol. The first kappa shape index (κ1) is 16.2. The van der Waals surface area contributed by atoms with E-state index in [-0.39, 0.29) is 19.2 Å². The van der Waals surface area contributed by atoms with Gasteiger partial charge in [-0.3, -0.25) is 9.69 Å². The first-order valence-electron chi connectivity index (χ1n) is 8.68. The highest BCUT2D eigenvalue weighted by Gasteiger charge is 2.51. The van der Waals surface area contributed by atoms with Gasteiger partial charge >= 0.3 is 6.03 Å². The molecule has 1 saturated heterocycles. The first-order valence-corrected chi connectivity index (χ1v) is 8.68. The van der Waals surface area contributed by atoms with E-state index in [0.29, 0.717) is 29.9 Å². The maximum absolute atomic E-state index is 13.0. The predicted octanol–water partition coefficient (Wildman–Crippen LogP) is 1.88. The molecule has 7 heteroatoms. The minimum Gasteiger partial charge on any atom is -0.454 e. The Bertz CT molecular complexity index is 728. The van der Waals surface area contributed by atoms with Crippen LogP contribution in [0.3, 0.4) is 0 Å².